The molecule has 3 fully saturated rings. The molecule has 9 heteroatoms. The lowest BCUT2D eigenvalue weighted by Crippen LogP contribution is -2.40. The number of ether oxygens (including phenoxy) is 2. The van der Waals surface area contributed by atoms with Crippen LogP contribution in [0.3, 0.4) is 0 Å². The molecule has 6 atom stereocenters. The van der Waals surface area contributed by atoms with E-state index in [0.29, 0.717) is 27.7 Å². The molecule has 7 nitrogen and oxygen atoms in total. The molecule has 2 saturated carbocycles. The molecular formula is C23H20BrClN2O5. The van der Waals surface area contributed by atoms with Crippen LogP contribution in [-0.4, -0.2) is 35.8 Å². The first-order valence-electron chi connectivity index (χ1n) is 10.3. The van der Waals surface area contributed by atoms with Crippen molar-refractivity contribution in [2.24, 2.45) is 23.7 Å². The molecule has 0 unspecified atom stereocenters. The van der Waals surface area contributed by atoms with Gasteiger partial charge in [0.05, 0.1) is 29.5 Å². The summed E-state index contributed by atoms with van der Waals surface area (Å²) in [5.74, 6) is -1.07. The molecule has 1 aliphatic heterocycles. The lowest BCUT2D eigenvalue weighted by atomic mass is 9.79. The summed E-state index contributed by atoms with van der Waals surface area (Å²) in [7, 11) is 1.50. The van der Waals surface area contributed by atoms with Crippen LogP contribution in [0, 0.1) is 23.7 Å². The van der Waals surface area contributed by atoms with Gasteiger partial charge in [-0.1, -0.05) is 33.6 Å². The zero-order chi connectivity index (χ0) is 22.6. The Kier molecular flexibility index (Phi) is 5.37. The molecule has 3 aliphatic rings. The number of methoxy groups -OCH3 is 1. The molecule has 0 aromatic heterocycles. The molecule has 0 spiro atoms. The van der Waals surface area contributed by atoms with E-state index in [1.807, 2.05) is 0 Å². The van der Waals surface area contributed by atoms with Crippen molar-refractivity contribution in [1.29, 1.82) is 0 Å². The summed E-state index contributed by atoms with van der Waals surface area (Å²) in [6.07, 6.45) is 0.677. The standard InChI is InChI=1S/C23H20BrClN2O5/c1-31-16-6-5-11(25)8-15(16)27-21(28)10-3-2-4-12(7-10)26-22(29)17-13-9-14-18(17)23(30)32-20(14)19(13)24/h2-8,13-14,17-20H,9H2,1H3,(H,26,29)(H,27,28)/t13-,14-,17-,18+,19-,20+/m1/s1. The molecule has 32 heavy (non-hydrogen) atoms. The van der Waals surface area contributed by atoms with Crippen LogP contribution in [0.5, 0.6) is 5.75 Å². The maximum atomic E-state index is 13.1. The Morgan fingerprint density at radius 3 is 2.75 bits per heavy atom. The van der Waals surface area contributed by atoms with Crippen LogP contribution in [0.1, 0.15) is 16.8 Å². The van der Waals surface area contributed by atoms with Gasteiger partial charge in [-0.25, -0.2) is 0 Å². The molecule has 2 aromatic rings. The number of fused-ring (bicyclic) bond motifs is 1. The van der Waals surface area contributed by atoms with Crippen molar-refractivity contribution < 1.29 is 23.9 Å². The number of carbonyl (C=O) groups excluding carboxylic acids is 3. The summed E-state index contributed by atoms with van der Waals surface area (Å²) in [5, 5.41) is 6.13. The van der Waals surface area contributed by atoms with Crippen molar-refractivity contribution >= 4 is 56.7 Å². The third kappa shape index (κ3) is 3.46. The Balaban J connectivity index is 1.32. The van der Waals surface area contributed by atoms with Gasteiger partial charge >= 0.3 is 5.97 Å². The van der Waals surface area contributed by atoms with Crippen molar-refractivity contribution in [2.45, 2.75) is 17.4 Å². The van der Waals surface area contributed by atoms with Gasteiger partial charge in [0.15, 0.2) is 0 Å². The van der Waals surface area contributed by atoms with Gasteiger partial charge in [-0.15, -0.1) is 0 Å². The molecule has 1 saturated heterocycles. The third-order valence-corrected chi connectivity index (χ3v) is 8.06. The number of rotatable bonds is 5. The van der Waals surface area contributed by atoms with Crippen LogP contribution < -0.4 is 15.4 Å². The Morgan fingerprint density at radius 2 is 1.97 bits per heavy atom. The van der Waals surface area contributed by atoms with Gasteiger partial charge in [0.25, 0.3) is 5.91 Å². The van der Waals surface area contributed by atoms with Crippen molar-refractivity contribution in [2.75, 3.05) is 17.7 Å². The average molecular weight is 520 g/mol. The van der Waals surface area contributed by atoms with Gasteiger partial charge in [0.2, 0.25) is 5.91 Å². The minimum Gasteiger partial charge on any atom is -0.495 e. The predicted octanol–water partition coefficient (Wildman–Crippen LogP) is 4.11. The van der Waals surface area contributed by atoms with E-state index in [4.69, 9.17) is 21.1 Å². The van der Waals surface area contributed by atoms with E-state index < -0.39 is 5.92 Å². The summed E-state index contributed by atoms with van der Waals surface area (Å²) in [4.78, 5) is 38.2. The number of amides is 2. The van der Waals surface area contributed by atoms with Gasteiger partial charge in [-0.2, -0.15) is 0 Å². The molecule has 1 heterocycles. The first-order chi connectivity index (χ1) is 15.4. The largest absolute Gasteiger partial charge is 0.495 e. The van der Waals surface area contributed by atoms with Gasteiger partial charge in [-0.05, 0) is 48.7 Å². The number of hydrogen-bond acceptors (Lipinski definition) is 5. The van der Waals surface area contributed by atoms with Crippen LogP contribution in [0.15, 0.2) is 42.5 Å². The van der Waals surface area contributed by atoms with Crippen LogP contribution in [-0.2, 0) is 14.3 Å². The fourth-order valence-electron chi connectivity index (χ4n) is 5.27. The first kappa shape index (κ1) is 21.3. The number of halogens is 2. The second-order valence-electron chi connectivity index (χ2n) is 8.33. The van der Waals surface area contributed by atoms with E-state index in [1.54, 1.807) is 42.5 Å². The molecule has 2 bridgehead atoms. The molecule has 166 valence electrons. The van der Waals surface area contributed by atoms with Crippen molar-refractivity contribution in [3.05, 3.63) is 53.1 Å². The second kappa shape index (κ2) is 8.08. The molecule has 2 aliphatic carbocycles. The SMILES string of the molecule is COc1ccc(Cl)cc1NC(=O)c1cccc(NC(=O)[C@@H]2[C@H]3C[C@H]4[C@H](OC(=O)[C@@H]42)[C@@H]3Br)c1. The van der Waals surface area contributed by atoms with E-state index in [2.05, 4.69) is 26.6 Å². The molecule has 0 radical (unpaired) electrons. The summed E-state index contributed by atoms with van der Waals surface area (Å²) in [6, 6.07) is 11.6. The average Bonchev–Trinajstić information content (AvgIpc) is 3.38. The first-order valence-corrected chi connectivity index (χ1v) is 11.6. The van der Waals surface area contributed by atoms with Crippen LogP contribution in [0.2, 0.25) is 5.02 Å². The zero-order valence-corrected chi connectivity index (χ0v) is 19.4. The minimum atomic E-state index is -0.441. The highest BCUT2D eigenvalue weighted by atomic mass is 79.9. The highest BCUT2D eigenvalue weighted by Gasteiger charge is 2.67. The van der Waals surface area contributed by atoms with E-state index >= 15 is 0 Å². The number of carbonyl (C=O) groups is 3. The molecule has 2 N–H and O–H groups in total. The van der Waals surface area contributed by atoms with Gasteiger partial charge in [0.1, 0.15) is 11.9 Å². The van der Waals surface area contributed by atoms with Gasteiger partial charge < -0.3 is 20.1 Å². The Labute approximate surface area is 197 Å². The number of benzene rings is 2. The minimum absolute atomic E-state index is 0.00395. The van der Waals surface area contributed by atoms with Gasteiger partial charge in [-0.3, -0.25) is 14.4 Å². The van der Waals surface area contributed by atoms with E-state index in [9.17, 15) is 14.4 Å². The van der Waals surface area contributed by atoms with E-state index in [1.165, 1.54) is 7.11 Å². The molecule has 2 aromatic carbocycles. The van der Waals surface area contributed by atoms with Crippen molar-refractivity contribution in [3.63, 3.8) is 0 Å². The van der Waals surface area contributed by atoms with Crippen LogP contribution in [0.25, 0.3) is 0 Å². The van der Waals surface area contributed by atoms with Crippen LogP contribution >= 0.6 is 27.5 Å². The van der Waals surface area contributed by atoms with Crippen molar-refractivity contribution in [1.82, 2.24) is 0 Å². The second-order valence-corrected chi connectivity index (χ2v) is 9.82. The summed E-state index contributed by atoms with van der Waals surface area (Å²) < 4.78 is 10.7. The Bertz CT molecular complexity index is 1130. The zero-order valence-electron chi connectivity index (χ0n) is 17.0. The van der Waals surface area contributed by atoms with Gasteiger partial charge in [0, 0.05) is 22.2 Å². The monoisotopic (exact) mass is 518 g/mol. The Hall–Kier alpha value is -2.58. The Morgan fingerprint density at radius 1 is 1.16 bits per heavy atom. The number of anilines is 2. The normalized spacial score (nSPS) is 29.5. The van der Waals surface area contributed by atoms with Crippen molar-refractivity contribution in [3.8, 4) is 5.75 Å². The quantitative estimate of drug-likeness (QED) is 0.458. The summed E-state index contributed by atoms with van der Waals surface area (Å²) >= 11 is 9.65. The maximum absolute atomic E-state index is 13.1. The predicted molar refractivity (Wildman–Crippen MR) is 122 cm³/mol. The molecule has 2 amide bonds. The van der Waals surface area contributed by atoms with E-state index in [-0.39, 0.29) is 46.5 Å². The summed E-state index contributed by atoms with van der Waals surface area (Å²) in [6.45, 7) is 0. The lowest BCUT2D eigenvalue weighted by Gasteiger charge is -2.27. The highest BCUT2D eigenvalue weighted by molar-refractivity contribution is 9.09. The highest BCUT2D eigenvalue weighted by Crippen LogP contribution is 2.60. The lowest BCUT2D eigenvalue weighted by molar-refractivity contribution is -0.145. The molecular weight excluding hydrogens is 500 g/mol. The third-order valence-electron chi connectivity index (χ3n) is 6.63. The topological polar surface area (TPSA) is 93.7 Å². The van der Waals surface area contributed by atoms with E-state index in [0.717, 1.165) is 6.42 Å². The maximum Gasteiger partial charge on any atom is 0.310 e. The van der Waals surface area contributed by atoms with Crippen LogP contribution in [0.4, 0.5) is 11.4 Å². The number of alkyl halides is 1. The fraction of sp³-hybridized carbons (Fsp3) is 0.348. The number of hydrogen-bond donors (Lipinski definition) is 2. The fourth-order valence-corrected chi connectivity index (χ4v) is 6.48. The summed E-state index contributed by atoms with van der Waals surface area (Å²) in [5.41, 5.74) is 1.29. The molecule has 5 rings (SSSR count). The number of esters is 1. The number of nitrogens with one attached hydrogen (secondary N) is 2. The smallest absolute Gasteiger partial charge is 0.310 e.